The molecule has 0 spiro atoms. The van der Waals surface area contributed by atoms with Crippen LogP contribution >= 0.6 is 0 Å². The van der Waals surface area contributed by atoms with Gasteiger partial charge in [-0.1, -0.05) is 51.2 Å². The van der Waals surface area contributed by atoms with E-state index in [9.17, 15) is 14.9 Å². The van der Waals surface area contributed by atoms with Crippen molar-refractivity contribution in [3.05, 3.63) is 39.9 Å². The van der Waals surface area contributed by atoms with Gasteiger partial charge in [0.25, 0.3) is 5.69 Å². The van der Waals surface area contributed by atoms with Crippen molar-refractivity contribution in [2.24, 2.45) is 5.10 Å². The lowest BCUT2D eigenvalue weighted by Crippen LogP contribution is -2.16. The Hall–Kier alpha value is -2.24. The van der Waals surface area contributed by atoms with Gasteiger partial charge in [0.05, 0.1) is 11.1 Å². The molecule has 1 amide bonds. The lowest BCUT2D eigenvalue weighted by Gasteiger charge is -2.00. The molecule has 1 aromatic rings. The molecule has 6 heteroatoms. The van der Waals surface area contributed by atoms with Crippen molar-refractivity contribution >= 4 is 17.8 Å². The zero-order valence-corrected chi connectivity index (χ0v) is 13.0. The average Bonchev–Trinajstić information content (AvgIpc) is 2.51. The van der Waals surface area contributed by atoms with E-state index in [-0.39, 0.29) is 11.6 Å². The number of non-ortho nitro benzene ring substituents is 1. The van der Waals surface area contributed by atoms with Gasteiger partial charge in [0.1, 0.15) is 0 Å². The van der Waals surface area contributed by atoms with E-state index in [1.165, 1.54) is 37.6 Å². The highest BCUT2D eigenvalue weighted by molar-refractivity contribution is 5.83. The van der Waals surface area contributed by atoms with Crippen LogP contribution in [0.5, 0.6) is 0 Å². The summed E-state index contributed by atoms with van der Waals surface area (Å²) in [5, 5.41) is 14.5. The molecule has 1 rings (SSSR count). The van der Waals surface area contributed by atoms with E-state index in [0.29, 0.717) is 12.0 Å². The Morgan fingerprint density at radius 3 is 2.73 bits per heavy atom. The van der Waals surface area contributed by atoms with Crippen LogP contribution < -0.4 is 5.43 Å². The van der Waals surface area contributed by atoms with Gasteiger partial charge in [-0.15, -0.1) is 0 Å². The molecule has 0 atom stereocenters. The molecule has 0 saturated carbocycles. The number of nitro benzene ring substituents is 1. The second kappa shape index (κ2) is 10.5. The van der Waals surface area contributed by atoms with Crippen LogP contribution in [-0.4, -0.2) is 17.0 Å². The third kappa shape index (κ3) is 7.52. The monoisotopic (exact) mass is 305 g/mol. The van der Waals surface area contributed by atoms with Crippen LogP contribution in [-0.2, 0) is 4.79 Å². The van der Waals surface area contributed by atoms with Gasteiger partial charge in [0, 0.05) is 24.1 Å². The number of benzene rings is 1. The number of carbonyl (C=O) groups is 1. The summed E-state index contributed by atoms with van der Waals surface area (Å²) in [7, 11) is 0. The summed E-state index contributed by atoms with van der Waals surface area (Å²) in [6.45, 7) is 2.17. The second-order valence-electron chi connectivity index (χ2n) is 5.16. The van der Waals surface area contributed by atoms with Crippen LogP contribution in [0.4, 0.5) is 5.69 Å². The van der Waals surface area contributed by atoms with E-state index in [1.54, 1.807) is 12.1 Å². The first-order chi connectivity index (χ1) is 10.6. The van der Waals surface area contributed by atoms with Gasteiger partial charge in [-0.25, -0.2) is 5.43 Å². The first kappa shape index (κ1) is 17.8. The summed E-state index contributed by atoms with van der Waals surface area (Å²) in [6.07, 6.45) is 8.64. The number of nitrogens with zero attached hydrogens (tertiary/aromatic N) is 2. The highest BCUT2D eigenvalue weighted by Crippen LogP contribution is 2.11. The molecule has 0 bridgehead atoms. The normalized spacial score (nSPS) is 10.8. The smallest absolute Gasteiger partial charge is 0.270 e. The van der Waals surface area contributed by atoms with Crippen LogP contribution in [0.2, 0.25) is 0 Å². The Morgan fingerprint density at radius 2 is 2.00 bits per heavy atom. The number of hydrazone groups is 1. The molecule has 0 radical (unpaired) electrons. The number of amides is 1. The minimum atomic E-state index is -0.464. The third-order valence-electron chi connectivity index (χ3n) is 3.24. The first-order valence-corrected chi connectivity index (χ1v) is 7.70. The summed E-state index contributed by atoms with van der Waals surface area (Å²) in [5.74, 6) is -0.128. The SMILES string of the molecule is CCCCCCCCC(=O)N/N=C/c1cccc([N+](=O)[O-])c1. The van der Waals surface area contributed by atoms with E-state index < -0.39 is 4.92 Å². The van der Waals surface area contributed by atoms with Crippen molar-refractivity contribution < 1.29 is 9.72 Å². The maximum absolute atomic E-state index is 11.6. The Balaban J connectivity index is 2.26. The summed E-state index contributed by atoms with van der Waals surface area (Å²) in [4.78, 5) is 21.7. The largest absolute Gasteiger partial charge is 0.273 e. The highest BCUT2D eigenvalue weighted by Gasteiger charge is 2.04. The van der Waals surface area contributed by atoms with E-state index >= 15 is 0 Å². The molecule has 1 N–H and O–H groups in total. The summed E-state index contributed by atoms with van der Waals surface area (Å²) < 4.78 is 0. The summed E-state index contributed by atoms with van der Waals surface area (Å²) >= 11 is 0. The molecule has 0 heterocycles. The Morgan fingerprint density at radius 1 is 1.27 bits per heavy atom. The number of nitro groups is 1. The van der Waals surface area contributed by atoms with Crippen molar-refractivity contribution in [2.45, 2.75) is 51.9 Å². The lowest BCUT2D eigenvalue weighted by atomic mass is 10.1. The van der Waals surface area contributed by atoms with Crippen molar-refractivity contribution in [2.75, 3.05) is 0 Å². The quantitative estimate of drug-likeness (QED) is 0.309. The molecule has 0 fully saturated rings. The van der Waals surface area contributed by atoms with Gasteiger partial charge in [0.15, 0.2) is 0 Å². The molecule has 0 aliphatic rings. The van der Waals surface area contributed by atoms with Gasteiger partial charge in [-0.3, -0.25) is 14.9 Å². The summed E-state index contributed by atoms with van der Waals surface area (Å²) in [6, 6.07) is 6.09. The van der Waals surface area contributed by atoms with Crippen molar-refractivity contribution in [1.82, 2.24) is 5.43 Å². The van der Waals surface area contributed by atoms with Gasteiger partial charge >= 0.3 is 0 Å². The van der Waals surface area contributed by atoms with E-state index in [2.05, 4.69) is 17.5 Å². The molecule has 0 aromatic heterocycles. The fourth-order valence-electron chi connectivity index (χ4n) is 2.02. The third-order valence-corrected chi connectivity index (χ3v) is 3.24. The molecule has 6 nitrogen and oxygen atoms in total. The van der Waals surface area contributed by atoms with Crippen LogP contribution in [0.25, 0.3) is 0 Å². The van der Waals surface area contributed by atoms with E-state index in [0.717, 1.165) is 19.3 Å². The number of nitrogens with one attached hydrogen (secondary N) is 1. The number of rotatable bonds is 10. The first-order valence-electron chi connectivity index (χ1n) is 7.70. The van der Waals surface area contributed by atoms with E-state index in [4.69, 9.17) is 0 Å². The Labute approximate surface area is 130 Å². The van der Waals surface area contributed by atoms with Crippen LogP contribution in [0.3, 0.4) is 0 Å². The molecule has 120 valence electrons. The van der Waals surface area contributed by atoms with Gasteiger partial charge in [-0.2, -0.15) is 5.10 Å². The average molecular weight is 305 g/mol. The molecule has 1 aromatic carbocycles. The molecular weight excluding hydrogens is 282 g/mol. The topological polar surface area (TPSA) is 84.6 Å². The second-order valence-corrected chi connectivity index (χ2v) is 5.16. The zero-order chi connectivity index (χ0) is 16.2. The minimum Gasteiger partial charge on any atom is -0.273 e. The fourth-order valence-corrected chi connectivity index (χ4v) is 2.02. The highest BCUT2D eigenvalue weighted by atomic mass is 16.6. The van der Waals surface area contributed by atoms with Crippen molar-refractivity contribution in [3.8, 4) is 0 Å². The number of unbranched alkanes of at least 4 members (excludes halogenated alkanes) is 5. The fraction of sp³-hybridized carbons (Fsp3) is 0.500. The predicted octanol–water partition coefficient (Wildman–Crippen LogP) is 3.80. The van der Waals surface area contributed by atoms with Gasteiger partial charge in [-0.05, 0) is 6.42 Å². The lowest BCUT2D eigenvalue weighted by molar-refractivity contribution is -0.384. The maximum atomic E-state index is 11.6. The number of carbonyl (C=O) groups excluding carboxylic acids is 1. The Kier molecular flexibility index (Phi) is 8.49. The zero-order valence-electron chi connectivity index (χ0n) is 13.0. The maximum Gasteiger partial charge on any atom is 0.270 e. The molecule has 0 aliphatic heterocycles. The van der Waals surface area contributed by atoms with Crippen LogP contribution in [0.15, 0.2) is 29.4 Å². The van der Waals surface area contributed by atoms with Crippen LogP contribution in [0.1, 0.15) is 57.4 Å². The Bertz CT molecular complexity index is 515. The molecule has 0 saturated heterocycles. The van der Waals surface area contributed by atoms with Gasteiger partial charge in [0.2, 0.25) is 5.91 Å². The van der Waals surface area contributed by atoms with Gasteiger partial charge < -0.3 is 0 Å². The summed E-state index contributed by atoms with van der Waals surface area (Å²) in [5.41, 5.74) is 3.02. The van der Waals surface area contributed by atoms with Crippen molar-refractivity contribution in [3.63, 3.8) is 0 Å². The van der Waals surface area contributed by atoms with Crippen molar-refractivity contribution in [1.29, 1.82) is 0 Å². The molecule has 22 heavy (non-hydrogen) atoms. The molecular formula is C16H23N3O3. The number of hydrogen-bond acceptors (Lipinski definition) is 4. The van der Waals surface area contributed by atoms with Crippen LogP contribution in [0, 0.1) is 10.1 Å². The molecule has 0 aliphatic carbocycles. The number of hydrogen-bond donors (Lipinski definition) is 1. The standard InChI is InChI=1S/C16H23N3O3/c1-2-3-4-5-6-7-11-16(20)18-17-13-14-9-8-10-15(12-14)19(21)22/h8-10,12-13H,2-7,11H2,1H3,(H,18,20)/b17-13+. The van der Waals surface area contributed by atoms with E-state index in [1.807, 2.05) is 0 Å². The predicted molar refractivity (Wildman–Crippen MR) is 86.8 cm³/mol. The minimum absolute atomic E-state index is 0.00218. The molecule has 0 unspecified atom stereocenters.